The summed E-state index contributed by atoms with van der Waals surface area (Å²) in [6.45, 7) is 0. The first-order chi connectivity index (χ1) is 30.6. The Balaban J connectivity index is 0.969. The van der Waals surface area contributed by atoms with Gasteiger partial charge in [-0.2, -0.15) is 0 Å². The minimum absolute atomic E-state index is 0.410. The van der Waals surface area contributed by atoms with Gasteiger partial charge < -0.3 is 9.73 Å². The molecule has 62 heavy (non-hydrogen) atoms. The highest BCUT2D eigenvalue weighted by molar-refractivity contribution is 6.36. The minimum atomic E-state index is 0.410. The molecule has 0 radical (unpaired) electrons. The lowest BCUT2D eigenvalue weighted by atomic mass is 9.88. The lowest BCUT2D eigenvalue weighted by Gasteiger charge is -2.26. The van der Waals surface area contributed by atoms with Crippen molar-refractivity contribution >= 4 is 50.7 Å². The molecular formula is C57H38N4O. The van der Waals surface area contributed by atoms with Crippen LogP contribution in [0, 0.1) is 5.41 Å². The van der Waals surface area contributed by atoms with Crippen LogP contribution in [0.25, 0.3) is 90.0 Å². The average molecular weight is 795 g/mol. The van der Waals surface area contributed by atoms with E-state index in [1.54, 1.807) is 0 Å². The van der Waals surface area contributed by atoms with Gasteiger partial charge in [0.1, 0.15) is 11.2 Å². The summed E-state index contributed by atoms with van der Waals surface area (Å²) in [6.07, 6.45) is 2.18. The first-order valence-electron chi connectivity index (χ1n) is 20.7. The fraction of sp³-hybridized carbons (Fsp3) is 0. The smallest absolute Gasteiger partial charge is 0.160 e. The highest BCUT2D eigenvalue weighted by atomic mass is 16.3. The van der Waals surface area contributed by atoms with E-state index in [4.69, 9.17) is 14.4 Å². The Morgan fingerprint density at radius 2 is 1.02 bits per heavy atom. The van der Waals surface area contributed by atoms with Gasteiger partial charge in [-0.25, -0.2) is 9.97 Å². The topological polar surface area (TPSA) is 74.8 Å². The molecule has 2 aromatic heterocycles. The van der Waals surface area contributed by atoms with Crippen molar-refractivity contribution in [3.63, 3.8) is 0 Å². The zero-order valence-electron chi connectivity index (χ0n) is 33.6. The second kappa shape index (κ2) is 15.6. The van der Waals surface area contributed by atoms with Crippen LogP contribution in [0.4, 0.5) is 0 Å². The van der Waals surface area contributed by atoms with E-state index in [0.29, 0.717) is 11.5 Å². The van der Waals surface area contributed by atoms with E-state index < -0.39 is 0 Å². The van der Waals surface area contributed by atoms with Crippen molar-refractivity contribution in [2.75, 3.05) is 0 Å². The molecular weight excluding hydrogens is 757 g/mol. The maximum atomic E-state index is 9.84. The molecule has 0 saturated heterocycles. The number of fused-ring (bicyclic) bond motifs is 4. The van der Waals surface area contributed by atoms with E-state index >= 15 is 0 Å². The molecule has 5 nitrogen and oxygen atoms in total. The van der Waals surface area contributed by atoms with Crippen molar-refractivity contribution in [2.24, 2.45) is 0 Å². The van der Waals surface area contributed by atoms with Crippen LogP contribution in [0.2, 0.25) is 0 Å². The summed E-state index contributed by atoms with van der Waals surface area (Å²) in [5.74, 6) is 0.609. The number of benzene rings is 8. The standard InChI is InChI=1S/C57H38N4O/c58-54(53(41-19-8-3-9-20-41)55-45-22-11-10-21-44(45)35-49(59-55)38-15-4-1-5-16-38)42-31-33-43(34-32-42)57-60-50(39-17-6-2-7-18-39)36-51(61-57)40-29-27-37(28-30-40)46-24-14-25-48-47-23-12-13-26-52(47)62-56(46)48/h1-36,58-59H/b55-53-,58-54?. The molecule has 3 heterocycles. The largest absolute Gasteiger partial charge is 0.455 e. The predicted octanol–water partition coefficient (Wildman–Crippen LogP) is 14.1. The van der Waals surface area contributed by atoms with Gasteiger partial charge in [0.2, 0.25) is 0 Å². The molecule has 0 aliphatic carbocycles. The summed E-state index contributed by atoms with van der Waals surface area (Å²) >= 11 is 0. The van der Waals surface area contributed by atoms with Gasteiger partial charge in [0.15, 0.2) is 5.82 Å². The van der Waals surface area contributed by atoms with Gasteiger partial charge in [-0.1, -0.05) is 200 Å². The second-order valence-corrected chi connectivity index (χ2v) is 15.4. The number of aromatic nitrogens is 2. The highest BCUT2D eigenvalue weighted by Gasteiger charge is 2.24. The third-order valence-corrected chi connectivity index (χ3v) is 11.6. The highest BCUT2D eigenvalue weighted by Crippen LogP contribution is 2.38. The number of allylic oxidation sites excluding steroid dienone is 1. The van der Waals surface area contributed by atoms with Crippen molar-refractivity contribution in [2.45, 2.75) is 0 Å². The molecule has 1 aliphatic heterocycles. The molecule has 0 bridgehead atoms. The van der Waals surface area contributed by atoms with Gasteiger partial charge in [0.05, 0.1) is 22.8 Å². The second-order valence-electron chi connectivity index (χ2n) is 15.4. The van der Waals surface area contributed by atoms with Crippen molar-refractivity contribution < 1.29 is 4.42 Å². The van der Waals surface area contributed by atoms with E-state index in [2.05, 4.69) is 127 Å². The molecule has 1 aliphatic rings. The zero-order chi connectivity index (χ0) is 41.4. The number of hydrogen-bond donors (Lipinski definition) is 2. The van der Waals surface area contributed by atoms with Gasteiger partial charge in [-0.3, -0.25) is 5.41 Å². The molecule has 8 aromatic carbocycles. The predicted molar refractivity (Wildman–Crippen MR) is 255 cm³/mol. The molecule has 0 saturated carbocycles. The number of furan rings is 1. The molecule has 0 fully saturated rings. The normalized spacial score (nSPS) is 13.0. The molecule has 0 amide bonds. The van der Waals surface area contributed by atoms with Crippen LogP contribution < -0.4 is 5.32 Å². The third-order valence-electron chi connectivity index (χ3n) is 11.6. The summed E-state index contributed by atoms with van der Waals surface area (Å²) in [7, 11) is 0. The van der Waals surface area contributed by atoms with E-state index in [1.807, 2.05) is 97.1 Å². The van der Waals surface area contributed by atoms with E-state index in [0.717, 1.165) is 106 Å². The molecule has 10 aromatic rings. The van der Waals surface area contributed by atoms with Crippen LogP contribution in [0.15, 0.2) is 217 Å². The molecule has 0 spiro atoms. The SMILES string of the molecule is N=C(/C(=C1\NC(c2ccccc2)=Cc2ccccc21)c1ccccc1)c1ccc(-c2nc(-c3ccccc3)cc(-c3ccc(-c4cccc5c4oc4ccccc45)cc3)n2)cc1. The number of nitrogens with zero attached hydrogens (tertiary/aromatic N) is 2. The Morgan fingerprint density at radius 1 is 0.452 bits per heavy atom. The van der Waals surface area contributed by atoms with Gasteiger partial charge >= 0.3 is 0 Å². The Bertz CT molecular complexity index is 3350. The summed E-state index contributed by atoms with van der Waals surface area (Å²) < 4.78 is 6.36. The molecule has 11 rings (SSSR count). The first kappa shape index (κ1) is 36.7. The van der Waals surface area contributed by atoms with Crippen LogP contribution in [0.5, 0.6) is 0 Å². The summed E-state index contributed by atoms with van der Waals surface area (Å²) in [4.78, 5) is 10.3. The Kier molecular flexibility index (Phi) is 9.25. The number of hydrogen-bond acceptors (Lipinski definition) is 5. The van der Waals surface area contributed by atoms with E-state index in [9.17, 15) is 5.41 Å². The molecule has 0 unspecified atom stereocenters. The number of nitrogens with one attached hydrogen (secondary N) is 2. The summed E-state index contributed by atoms with van der Waals surface area (Å²) in [5, 5.41) is 15.8. The maximum Gasteiger partial charge on any atom is 0.160 e. The van der Waals surface area contributed by atoms with Gasteiger partial charge in [-0.15, -0.1) is 0 Å². The number of rotatable bonds is 8. The minimum Gasteiger partial charge on any atom is -0.455 e. The quantitative estimate of drug-likeness (QED) is 0.150. The van der Waals surface area contributed by atoms with Gasteiger partial charge in [-0.05, 0) is 40.5 Å². The summed E-state index contributed by atoms with van der Waals surface area (Å²) in [6, 6.07) is 72.3. The van der Waals surface area contributed by atoms with Crippen molar-refractivity contribution in [1.82, 2.24) is 15.3 Å². The van der Waals surface area contributed by atoms with Crippen LogP contribution in [-0.4, -0.2) is 15.7 Å². The van der Waals surface area contributed by atoms with Crippen LogP contribution in [-0.2, 0) is 0 Å². The van der Waals surface area contributed by atoms with Gasteiger partial charge in [0, 0.05) is 55.4 Å². The maximum absolute atomic E-state index is 9.84. The fourth-order valence-electron chi connectivity index (χ4n) is 8.44. The zero-order valence-corrected chi connectivity index (χ0v) is 33.6. The first-order valence-corrected chi connectivity index (χ1v) is 20.7. The van der Waals surface area contributed by atoms with Gasteiger partial charge in [0.25, 0.3) is 0 Å². The Labute approximate surface area is 359 Å². The van der Waals surface area contributed by atoms with Crippen LogP contribution in [0.3, 0.4) is 0 Å². The van der Waals surface area contributed by atoms with Crippen LogP contribution in [0.1, 0.15) is 27.8 Å². The van der Waals surface area contributed by atoms with Crippen molar-refractivity contribution in [3.8, 4) is 45.0 Å². The summed E-state index contributed by atoms with van der Waals surface area (Å²) in [5.41, 5.74) is 16.4. The van der Waals surface area contributed by atoms with E-state index in [-0.39, 0.29) is 0 Å². The van der Waals surface area contributed by atoms with E-state index in [1.165, 1.54) is 0 Å². The number of para-hydroxylation sites is 2. The Morgan fingerprint density at radius 3 is 1.76 bits per heavy atom. The van der Waals surface area contributed by atoms with Crippen molar-refractivity contribution in [1.29, 1.82) is 5.41 Å². The molecule has 5 heteroatoms. The Hall–Kier alpha value is -8.41. The van der Waals surface area contributed by atoms with Crippen molar-refractivity contribution in [3.05, 3.63) is 240 Å². The monoisotopic (exact) mass is 794 g/mol. The lowest BCUT2D eigenvalue weighted by Crippen LogP contribution is -2.20. The molecule has 2 N–H and O–H groups in total. The third kappa shape index (κ3) is 6.78. The lowest BCUT2D eigenvalue weighted by molar-refractivity contribution is 0.670. The van der Waals surface area contributed by atoms with Crippen LogP contribution >= 0.6 is 0 Å². The molecule has 0 atom stereocenters. The molecule has 292 valence electrons. The fourth-order valence-corrected chi connectivity index (χ4v) is 8.44. The average Bonchev–Trinajstić information content (AvgIpc) is 3.74.